The van der Waals surface area contributed by atoms with Crippen LogP contribution in [-0.2, 0) is 6.54 Å². The highest BCUT2D eigenvalue weighted by Gasteiger charge is 2.04. The van der Waals surface area contributed by atoms with Gasteiger partial charge in [0, 0.05) is 6.54 Å². The van der Waals surface area contributed by atoms with Gasteiger partial charge in [0.2, 0.25) is 0 Å². The molecule has 0 atom stereocenters. The Labute approximate surface area is 102 Å². The Bertz CT molecular complexity index is 554. The number of benzene rings is 1. The Hall–Kier alpha value is -2.06. The van der Waals surface area contributed by atoms with Crippen LogP contribution in [0.5, 0.6) is 0 Å². The number of nitrogens with one attached hydrogen (secondary N) is 1. The molecule has 0 saturated heterocycles. The van der Waals surface area contributed by atoms with Crippen LogP contribution in [-0.4, -0.2) is 0 Å². The summed E-state index contributed by atoms with van der Waals surface area (Å²) in [4.78, 5) is 0.506. The van der Waals surface area contributed by atoms with Crippen molar-refractivity contribution in [2.75, 3.05) is 11.1 Å². The van der Waals surface area contributed by atoms with Gasteiger partial charge in [0.05, 0.1) is 10.7 Å². The first kappa shape index (κ1) is 11.4. The third-order valence-electron chi connectivity index (χ3n) is 2.24. The van der Waals surface area contributed by atoms with E-state index in [1.807, 2.05) is 6.07 Å². The average Bonchev–Trinajstić information content (AvgIpc) is 2.69. The Morgan fingerprint density at radius 3 is 2.65 bits per heavy atom. The van der Waals surface area contributed by atoms with Crippen LogP contribution in [0.2, 0.25) is 0 Å². The Morgan fingerprint density at radius 2 is 2.06 bits per heavy atom. The van der Waals surface area contributed by atoms with Crippen LogP contribution < -0.4 is 11.1 Å². The van der Waals surface area contributed by atoms with E-state index in [0.717, 1.165) is 10.6 Å². The van der Waals surface area contributed by atoms with Crippen molar-refractivity contribution in [3.05, 3.63) is 46.6 Å². The van der Waals surface area contributed by atoms with Crippen molar-refractivity contribution in [1.29, 1.82) is 5.26 Å². The monoisotopic (exact) mass is 247 g/mol. The predicted octanol–water partition coefficient (Wildman–Crippen LogP) is 2.95. The fourth-order valence-electron chi connectivity index (χ4n) is 1.37. The van der Waals surface area contributed by atoms with Gasteiger partial charge in [-0.05, 0) is 23.8 Å². The summed E-state index contributed by atoms with van der Waals surface area (Å²) in [5.74, 6) is -0.249. The van der Waals surface area contributed by atoms with Crippen molar-refractivity contribution >= 4 is 22.0 Å². The molecular weight excluding hydrogens is 237 g/mol. The molecule has 3 N–H and O–H groups in total. The van der Waals surface area contributed by atoms with Crippen molar-refractivity contribution in [1.82, 2.24) is 0 Å². The molecule has 0 aliphatic heterocycles. The van der Waals surface area contributed by atoms with Crippen LogP contribution in [0, 0.1) is 17.1 Å². The number of nitrogens with zero attached hydrogens (tertiary/aromatic N) is 1. The highest BCUT2D eigenvalue weighted by Crippen LogP contribution is 2.28. The molecule has 0 aliphatic carbocycles. The molecule has 1 heterocycles. The number of thiophene rings is 1. The molecule has 86 valence electrons. The molecule has 0 amide bonds. The molecule has 0 spiro atoms. The van der Waals surface area contributed by atoms with E-state index in [2.05, 4.69) is 5.32 Å². The highest BCUT2D eigenvalue weighted by atomic mass is 32.1. The largest absolute Gasteiger partial charge is 0.397 e. The molecule has 17 heavy (non-hydrogen) atoms. The fourth-order valence-corrected chi connectivity index (χ4v) is 2.14. The predicted molar refractivity (Wildman–Crippen MR) is 67.2 cm³/mol. The first-order valence-corrected chi connectivity index (χ1v) is 5.78. The van der Waals surface area contributed by atoms with Gasteiger partial charge in [0.15, 0.2) is 0 Å². The first-order valence-electron chi connectivity index (χ1n) is 4.97. The van der Waals surface area contributed by atoms with Crippen LogP contribution in [0.4, 0.5) is 15.1 Å². The second-order valence-corrected chi connectivity index (χ2v) is 4.54. The number of nitrogen functional groups attached to an aromatic ring is 1. The van der Waals surface area contributed by atoms with E-state index < -0.39 is 0 Å². The minimum Gasteiger partial charge on any atom is -0.397 e. The maximum Gasteiger partial charge on any atom is 0.129 e. The van der Waals surface area contributed by atoms with Gasteiger partial charge in [0.1, 0.15) is 16.8 Å². The quantitative estimate of drug-likeness (QED) is 0.876. The number of halogens is 1. The number of nitrogens with two attached hydrogens (primary N) is 1. The topological polar surface area (TPSA) is 61.8 Å². The molecule has 1 aromatic carbocycles. The fraction of sp³-hybridized carbons (Fsp3) is 0.0833. The third-order valence-corrected chi connectivity index (χ3v) is 3.26. The van der Waals surface area contributed by atoms with Gasteiger partial charge in [-0.2, -0.15) is 5.26 Å². The summed E-state index contributed by atoms with van der Waals surface area (Å²) in [5.41, 5.74) is 7.09. The van der Waals surface area contributed by atoms with Gasteiger partial charge in [-0.1, -0.05) is 12.1 Å². The van der Waals surface area contributed by atoms with Gasteiger partial charge in [-0.25, -0.2) is 4.39 Å². The number of hydrogen-bond donors (Lipinski definition) is 2. The number of rotatable bonds is 3. The second kappa shape index (κ2) is 4.85. The van der Waals surface area contributed by atoms with E-state index in [4.69, 9.17) is 11.0 Å². The summed E-state index contributed by atoms with van der Waals surface area (Å²) in [6.07, 6.45) is 0. The Morgan fingerprint density at radius 1 is 1.35 bits per heavy atom. The van der Waals surface area contributed by atoms with Crippen molar-refractivity contribution in [3.63, 3.8) is 0 Å². The van der Waals surface area contributed by atoms with E-state index in [1.165, 1.54) is 23.5 Å². The van der Waals surface area contributed by atoms with Gasteiger partial charge in [0.25, 0.3) is 0 Å². The standard InChI is InChI=1S/C12H10FN3S/c13-9-3-1-8(2-4-9)7-16-12-5-10(15)11(6-14)17-12/h1-5,16H,7,15H2. The van der Waals surface area contributed by atoms with Crippen molar-refractivity contribution in [2.45, 2.75) is 6.54 Å². The molecular formula is C12H10FN3S. The third kappa shape index (κ3) is 2.74. The zero-order valence-corrected chi connectivity index (χ0v) is 9.72. The smallest absolute Gasteiger partial charge is 0.129 e. The van der Waals surface area contributed by atoms with E-state index in [1.54, 1.807) is 18.2 Å². The molecule has 0 radical (unpaired) electrons. The van der Waals surface area contributed by atoms with E-state index in [0.29, 0.717) is 17.1 Å². The van der Waals surface area contributed by atoms with E-state index in [9.17, 15) is 4.39 Å². The molecule has 1 aromatic heterocycles. The SMILES string of the molecule is N#Cc1sc(NCc2ccc(F)cc2)cc1N. The van der Waals surface area contributed by atoms with Gasteiger partial charge < -0.3 is 11.1 Å². The molecule has 2 rings (SSSR count). The minimum atomic E-state index is -0.249. The van der Waals surface area contributed by atoms with Gasteiger partial charge in [-0.3, -0.25) is 0 Å². The lowest BCUT2D eigenvalue weighted by atomic mass is 10.2. The summed E-state index contributed by atoms with van der Waals surface area (Å²) in [7, 11) is 0. The first-order chi connectivity index (χ1) is 8.19. The maximum absolute atomic E-state index is 12.7. The summed E-state index contributed by atoms with van der Waals surface area (Å²) < 4.78 is 12.7. The number of nitriles is 1. The number of anilines is 2. The molecule has 3 nitrogen and oxygen atoms in total. The summed E-state index contributed by atoms with van der Waals surface area (Å²) >= 11 is 1.31. The zero-order valence-electron chi connectivity index (χ0n) is 8.90. The lowest BCUT2D eigenvalue weighted by Gasteiger charge is -2.02. The maximum atomic E-state index is 12.7. The van der Waals surface area contributed by atoms with Crippen LogP contribution >= 0.6 is 11.3 Å². The van der Waals surface area contributed by atoms with E-state index in [-0.39, 0.29) is 5.82 Å². The molecule has 0 saturated carbocycles. The zero-order chi connectivity index (χ0) is 12.3. The normalized spacial score (nSPS) is 9.88. The van der Waals surface area contributed by atoms with E-state index >= 15 is 0 Å². The van der Waals surface area contributed by atoms with Crippen LogP contribution in [0.25, 0.3) is 0 Å². The average molecular weight is 247 g/mol. The van der Waals surface area contributed by atoms with Crippen LogP contribution in [0.1, 0.15) is 10.4 Å². The van der Waals surface area contributed by atoms with Crippen LogP contribution in [0.3, 0.4) is 0 Å². The summed E-state index contributed by atoms with van der Waals surface area (Å²) in [6.45, 7) is 0.575. The van der Waals surface area contributed by atoms with Gasteiger partial charge >= 0.3 is 0 Å². The van der Waals surface area contributed by atoms with Gasteiger partial charge in [-0.15, -0.1) is 11.3 Å². The van der Waals surface area contributed by atoms with Crippen molar-refractivity contribution in [2.24, 2.45) is 0 Å². The summed E-state index contributed by atoms with van der Waals surface area (Å²) in [6, 6.07) is 10.0. The Balaban J connectivity index is 2.02. The molecule has 0 bridgehead atoms. The molecule has 0 fully saturated rings. The molecule has 5 heteroatoms. The minimum absolute atomic E-state index is 0.249. The lowest BCUT2D eigenvalue weighted by Crippen LogP contribution is -1.97. The molecule has 2 aromatic rings. The summed E-state index contributed by atoms with van der Waals surface area (Å²) in [5, 5.41) is 12.7. The molecule has 0 unspecified atom stereocenters. The highest BCUT2D eigenvalue weighted by molar-refractivity contribution is 7.17. The van der Waals surface area contributed by atoms with Crippen molar-refractivity contribution in [3.8, 4) is 6.07 Å². The lowest BCUT2D eigenvalue weighted by molar-refractivity contribution is 0.627. The number of hydrogen-bond acceptors (Lipinski definition) is 4. The molecule has 0 aliphatic rings. The van der Waals surface area contributed by atoms with Crippen molar-refractivity contribution < 1.29 is 4.39 Å². The Kier molecular flexibility index (Phi) is 3.26. The van der Waals surface area contributed by atoms with Crippen LogP contribution in [0.15, 0.2) is 30.3 Å². The second-order valence-electron chi connectivity index (χ2n) is 3.49.